The lowest BCUT2D eigenvalue weighted by Gasteiger charge is -2.35. The van der Waals surface area contributed by atoms with E-state index in [2.05, 4.69) is 21.4 Å². The Balaban J connectivity index is 1.22. The number of hydrogen-bond donors (Lipinski definition) is 1. The zero-order valence-electron chi connectivity index (χ0n) is 24.3. The number of alkyl halides is 1. The molecule has 0 unspecified atom stereocenters. The minimum atomic E-state index is -0.900. The van der Waals surface area contributed by atoms with Gasteiger partial charge in [0.25, 0.3) is 0 Å². The van der Waals surface area contributed by atoms with Gasteiger partial charge in [-0.15, -0.1) is 0 Å². The summed E-state index contributed by atoms with van der Waals surface area (Å²) in [7, 11) is 0. The van der Waals surface area contributed by atoms with Crippen LogP contribution in [0.4, 0.5) is 14.6 Å². The van der Waals surface area contributed by atoms with Crippen molar-refractivity contribution < 1.29 is 23.4 Å². The third-order valence-corrected chi connectivity index (χ3v) is 10.7. The van der Waals surface area contributed by atoms with Crippen molar-refractivity contribution in [3.8, 4) is 22.9 Å². The normalized spacial score (nSPS) is 27.8. The average molecular weight is 622 g/mol. The topological polar surface area (TPSA) is 82.0 Å². The first-order valence-electron chi connectivity index (χ1n) is 15.5. The number of piperazine rings is 1. The Morgan fingerprint density at radius 2 is 2.02 bits per heavy atom. The van der Waals surface area contributed by atoms with E-state index in [1.807, 2.05) is 11.0 Å². The van der Waals surface area contributed by atoms with Gasteiger partial charge in [0.2, 0.25) is 5.91 Å². The highest BCUT2D eigenvalue weighted by Gasteiger charge is 2.50. The standard InChI is InChI=1S/C33H34ClF2N5O3/c1-2-27(43)40-15-21-10-20(40)16-41(21)31-24-7-6-23(25-11-22(42)12-26(34)28(25)18-4-5-18)29(36)30(24)37-32(38-31)44-17-33-8-3-9-39(33)14-19(35)13-33/h2,6-7,11-12,18-21,42H,1,3-5,8-10,13-17H2/t19-,20-,21-,33+/m1/s1. The molecule has 5 heterocycles. The van der Waals surface area contributed by atoms with Gasteiger partial charge < -0.3 is 19.6 Å². The largest absolute Gasteiger partial charge is 0.508 e. The SMILES string of the molecule is C=CC(=O)N1C[C@H]2C[C@@H]1CN2c1nc(OC[C@@]23CCCN2C[C@H](F)C3)nc2c(F)c(-c3cc(O)cc(Cl)c3C3CC3)ccc12. The quantitative estimate of drug-likeness (QED) is 0.344. The highest BCUT2D eigenvalue weighted by Crippen LogP contribution is 2.50. The van der Waals surface area contributed by atoms with Crippen molar-refractivity contribution in [2.75, 3.05) is 37.7 Å². The number of nitrogens with zero attached hydrogens (tertiary/aromatic N) is 5. The Kier molecular flexibility index (Phi) is 6.54. The summed E-state index contributed by atoms with van der Waals surface area (Å²) in [6, 6.07) is 6.66. The molecule has 4 aliphatic heterocycles. The van der Waals surface area contributed by atoms with E-state index in [1.54, 1.807) is 12.1 Å². The number of aromatic nitrogens is 2. The van der Waals surface area contributed by atoms with Crippen LogP contribution in [0.5, 0.6) is 11.8 Å². The Hall–Kier alpha value is -3.50. The number of fused-ring (bicyclic) bond motifs is 4. The van der Waals surface area contributed by atoms with Gasteiger partial charge in [0, 0.05) is 42.0 Å². The average Bonchev–Trinajstić information content (AvgIpc) is 3.29. The molecular weight excluding hydrogens is 588 g/mol. The number of aromatic hydroxyl groups is 1. The van der Waals surface area contributed by atoms with Crippen LogP contribution in [0.2, 0.25) is 5.02 Å². The highest BCUT2D eigenvalue weighted by molar-refractivity contribution is 6.32. The molecule has 44 heavy (non-hydrogen) atoms. The number of carbonyl (C=O) groups excluding carboxylic acids is 1. The molecule has 2 aromatic carbocycles. The second kappa shape index (κ2) is 10.3. The number of carbonyl (C=O) groups is 1. The number of rotatable bonds is 7. The molecule has 1 aliphatic carbocycles. The summed E-state index contributed by atoms with van der Waals surface area (Å²) in [6.07, 6.45) is 5.34. The van der Waals surface area contributed by atoms with Crippen LogP contribution in [0.3, 0.4) is 0 Å². The molecule has 11 heteroatoms. The van der Waals surface area contributed by atoms with Crippen molar-refractivity contribution in [3.05, 3.63) is 53.3 Å². The summed E-state index contributed by atoms with van der Waals surface area (Å²) < 4.78 is 37.4. The maximum absolute atomic E-state index is 16.7. The van der Waals surface area contributed by atoms with E-state index >= 15 is 4.39 Å². The van der Waals surface area contributed by atoms with Crippen LogP contribution in [-0.4, -0.2) is 87.4 Å². The zero-order chi connectivity index (χ0) is 30.3. The lowest BCUT2D eigenvalue weighted by Crippen LogP contribution is -2.48. The Bertz CT molecular complexity index is 1700. The summed E-state index contributed by atoms with van der Waals surface area (Å²) in [5, 5.41) is 11.4. The molecule has 1 amide bonds. The molecule has 8 rings (SSSR count). The first-order valence-corrected chi connectivity index (χ1v) is 15.9. The van der Waals surface area contributed by atoms with Gasteiger partial charge in [-0.1, -0.05) is 24.2 Å². The molecule has 1 N–H and O–H groups in total. The predicted molar refractivity (Wildman–Crippen MR) is 164 cm³/mol. The minimum Gasteiger partial charge on any atom is -0.508 e. The zero-order valence-corrected chi connectivity index (χ0v) is 25.1. The molecular formula is C33H34ClF2N5O3. The van der Waals surface area contributed by atoms with Crippen LogP contribution in [-0.2, 0) is 4.79 Å². The molecule has 4 saturated heterocycles. The van der Waals surface area contributed by atoms with E-state index in [1.165, 1.54) is 12.1 Å². The number of ether oxygens (including phenoxy) is 1. The van der Waals surface area contributed by atoms with E-state index in [-0.39, 0.29) is 47.8 Å². The van der Waals surface area contributed by atoms with Gasteiger partial charge >= 0.3 is 6.01 Å². The lowest BCUT2D eigenvalue weighted by atomic mass is 9.94. The second-order valence-corrected chi connectivity index (χ2v) is 13.5. The van der Waals surface area contributed by atoms with Crippen molar-refractivity contribution in [2.24, 2.45) is 0 Å². The van der Waals surface area contributed by atoms with Crippen molar-refractivity contribution in [1.82, 2.24) is 19.8 Å². The Morgan fingerprint density at radius 3 is 2.77 bits per heavy atom. The molecule has 5 fully saturated rings. The maximum Gasteiger partial charge on any atom is 0.319 e. The van der Waals surface area contributed by atoms with E-state index < -0.39 is 17.5 Å². The van der Waals surface area contributed by atoms with Crippen molar-refractivity contribution in [1.29, 1.82) is 0 Å². The predicted octanol–water partition coefficient (Wildman–Crippen LogP) is 5.60. The number of hydrogen-bond acceptors (Lipinski definition) is 7. The molecule has 0 spiro atoms. The highest BCUT2D eigenvalue weighted by atomic mass is 35.5. The number of phenols is 1. The number of halogens is 3. The van der Waals surface area contributed by atoms with Crippen LogP contribution in [0, 0.1) is 5.82 Å². The molecule has 1 aromatic heterocycles. The first-order chi connectivity index (χ1) is 21.2. The number of anilines is 1. The minimum absolute atomic E-state index is 0.00505. The molecule has 0 radical (unpaired) electrons. The van der Waals surface area contributed by atoms with Gasteiger partial charge in [-0.05, 0) is 80.0 Å². The monoisotopic (exact) mass is 621 g/mol. The molecule has 4 atom stereocenters. The molecule has 3 aromatic rings. The summed E-state index contributed by atoms with van der Waals surface area (Å²) in [5.74, 6) is 0.104. The number of phenolic OH excluding ortho intramolecular Hbond substituents is 1. The molecule has 230 valence electrons. The third kappa shape index (κ3) is 4.43. The molecule has 5 aliphatic rings. The smallest absolute Gasteiger partial charge is 0.319 e. The van der Waals surface area contributed by atoms with Crippen molar-refractivity contribution in [2.45, 2.75) is 68.2 Å². The summed E-state index contributed by atoms with van der Waals surface area (Å²) in [4.78, 5) is 28.0. The van der Waals surface area contributed by atoms with Gasteiger partial charge in [-0.2, -0.15) is 9.97 Å². The van der Waals surface area contributed by atoms with E-state index in [4.69, 9.17) is 21.3 Å². The van der Waals surface area contributed by atoms with E-state index in [0.717, 1.165) is 44.2 Å². The first kappa shape index (κ1) is 28.0. The number of likely N-dealkylation sites (tertiary alicyclic amines) is 1. The van der Waals surface area contributed by atoms with Crippen molar-refractivity contribution in [3.63, 3.8) is 0 Å². The summed E-state index contributed by atoms with van der Waals surface area (Å²) in [5.41, 5.74) is 1.39. The fourth-order valence-corrected chi connectivity index (χ4v) is 8.56. The van der Waals surface area contributed by atoms with Gasteiger partial charge in [0.15, 0.2) is 5.82 Å². The number of amides is 1. The third-order valence-electron chi connectivity index (χ3n) is 10.4. The van der Waals surface area contributed by atoms with Gasteiger partial charge in [-0.25, -0.2) is 8.78 Å². The van der Waals surface area contributed by atoms with Crippen LogP contribution < -0.4 is 9.64 Å². The van der Waals surface area contributed by atoms with Crippen LogP contribution in [0.1, 0.15) is 50.0 Å². The van der Waals surface area contributed by atoms with Gasteiger partial charge in [0.1, 0.15) is 29.9 Å². The Morgan fingerprint density at radius 1 is 1.18 bits per heavy atom. The molecule has 8 nitrogen and oxygen atoms in total. The molecule has 1 saturated carbocycles. The van der Waals surface area contributed by atoms with Crippen LogP contribution >= 0.6 is 11.6 Å². The van der Waals surface area contributed by atoms with Gasteiger partial charge in [0.05, 0.1) is 17.6 Å². The van der Waals surface area contributed by atoms with Crippen LogP contribution in [0.15, 0.2) is 36.9 Å². The second-order valence-electron chi connectivity index (χ2n) is 13.1. The van der Waals surface area contributed by atoms with E-state index in [9.17, 15) is 14.3 Å². The fourth-order valence-electron chi connectivity index (χ4n) is 8.19. The van der Waals surface area contributed by atoms with Crippen molar-refractivity contribution >= 4 is 34.2 Å². The summed E-state index contributed by atoms with van der Waals surface area (Å²) >= 11 is 6.57. The fraction of sp³-hybridized carbons (Fsp3) is 0.485. The van der Waals surface area contributed by atoms with E-state index in [0.29, 0.717) is 53.4 Å². The van der Waals surface area contributed by atoms with Gasteiger partial charge in [-0.3, -0.25) is 9.69 Å². The number of benzene rings is 2. The maximum atomic E-state index is 16.7. The Labute approximate surface area is 259 Å². The summed E-state index contributed by atoms with van der Waals surface area (Å²) in [6.45, 7) is 6.17. The van der Waals surface area contributed by atoms with Crippen LogP contribution in [0.25, 0.3) is 22.0 Å². The lowest BCUT2D eigenvalue weighted by molar-refractivity contribution is -0.127. The molecule has 2 bridgehead atoms.